The van der Waals surface area contributed by atoms with Gasteiger partial charge in [0.25, 0.3) is 0 Å². The molecule has 14 heavy (non-hydrogen) atoms. The molecule has 4 aliphatic rings. The van der Waals surface area contributed by atoms with Gasteiger partial charge >= 0.3 is 0 Å². The molecular formula is C13H23N. The van der Waals surface area contributed by atoms with Crippen molar-refractivity contribution < 1.29 is 0 Å². The van der Waals surface area contributed by atoms with Crippen LogP contribution in [0.4, 0.5) is 0 Å². The Kier molecular flexibility index (Phi) is 2.31. The first-order valence-corrected chi connectivity index (χ1v) is 6.60. The lowest BCUT2D eigenvalue weighted by molar-refractivity contribution is -0.0134. The molecule has 0 amide bonds. The number of hydrogen-bond acceptors (Lipinski definition) is 1. The maximum Gasteiger partial charge on any atom is 0.0124 e. The molecule has 0 aromatic heterocycles. The van der Waals surface area contributed by atoms with Crippen LogP contribution in [0.25, 0.3) is 0 Å². The van der Waals surface area contributed by atoms with Gasteiger partial charge in [-0.2, -0.15) is 0 Å². The second-order valence-corrected chi connectivity index (χ2v) is 5.91. The fraction of sp³-hybridized carbons (Fsp3) is 1.00. The molecule has 4 rings (SSSR count). The standard InChI is InChI=1S/C13H23N/c1-2-3-14-13-11-5-9-4-10(7-11)8-12(13)6-9/h9-14H,2-8H2,1H3. The topological polar surface area (TPSA) is 12.0 Å². The van der Waals surface area contributed by atoms with E-state index in [2.05, 4.69) is 12.2 Å². The zero-order chi connectivity index (χ0) is 9.54. The predicted octanol–water partition coefficient (Wildman–Crippen LogP) is 2.81. The van der Waals surface area contributed by atoms with Gasteiger partial charge < -0.3 is 5.32 Å². The molecular weight excluding hydrogens is 170 g/mol. The van der Waals surface area contributed by atoms with Crippen molar-refractivity contribution in [1.82, 2.24) is 5.32 Å². The van der Waals surface area contributed by atoms with E-state index in [4.69, 9.17) is 0 Å². The smallest absolute Gasteiger partial charge is 0.0124 e. The lowest BCUT2D eigenvalue weighted by atomic mass is 9.54. The quantitative estimate of drug-likeness (QED) is 0.727. The Hall–Kier alpha value is -0.0400. The number of hydrogen-bond donors (Lipinski definition) is 1. The van der Waals surface area contributed by atoms with Gasteiger partial charge in [-0.25, -0.2) is 0 Å². The number of nitrogens with one attached hydrogen (secondary N) is 1. The minimum absolute atomic E-state index is 0.905. The average molecular weight is 193 g/mol. The maximum absolute atomic E-state index is 3.81. The fourth-order valence-corrected chi connectivity index (χ4v) is 4.57. The van der Waals surface area contributed by atoms with Crippen LogP contribution in [-0.2, 0) is 0 Å². The van der Waals surface area contributed by atoms with E-state index in [1.807, 2.05) is 0 Å². The lowest BCUT2D eigenvalue weighted by Crippen LogP contribution is -2.54. The van der Waals surface area contributed by atoms with Crippen LogP contribution in [0.15, 0.2) is 0 Å². The summed E-state index contributed by atoms with van der Waals surface area (Å²) in [7, 11) is 0. The second-order valence-electron chi connectivity index (χ2n) is 5.91. The van der Waals surface area contributed by atoms with Crippen LogP contribution in [0, 0.1) is 23.7 Å². The van der Waals surface area contributed by atoms with Crippen LogP contribution >= 0.6 is 0 Å². The molecule has 0 aromatic carbocycles. The molecule has 0 aromatic rings. The third-order valence-corrected chi connectivity index (χ3v) is 4.86. The molecule has 0 aliphatic heterocycles. The summed E-state index contributed by atoms with van der Waals surface area (Å²) in [5.41, 5.74) is 0. The van der Waals surface area contributed by atoms with E-state index in [-0.39, 0.29) is 0 Å². The molecule has 4 bridgehead atoms. The van der Waals surface area contributed by atoms with Gasteiger partial charge in [-0.3, -0.25) is 0 Å². The van der Waals surface area contributed by atoms with Crippen molar-refractivity contribution >= 4 is 0 Å². The highest BCUT2D eigenvalue weighted by molar-refractivity contribution is 5.01. The molecule has 0 atom stereocenters. The van der Waals surface area contributed by atoms with E-state index < -0.39 is 0 Å². The van der Waals surface area contributed by atoms with E-state index in [9.17, 15) is 0 Å². The van der Waals surface area contributed by atoms with Gasteiger partial charge in [0.05, 0.1) is 0 Å². The predicted molar refractivity (Wildman–Crippen MR) is 59.1 cm³/mol. The zero-order valence-corrected chi connectivity index (χ0v) is 9.34. The molecule has 80 valence electrons. The molecule has 0 heterocycles. The number of rotatable bonds is 3. The molecule has 4 saturated carbocycles. The van der Waals surface area contributed by atoms with E-state index in [0.29, 0.717) is 0 Å². The first-order valence-electron chi connectivity index (χ1n) is 6.60. The van der Waals surface area contributed by atoms with E-state index in [1.165, 1.54) is 13.0 Å². The van der Waals surface area contributed by atoms with Gasteiger partial charge in [0, 0.05) is 6.04 Å². The van der Waals surface area contributed by atoms with E-state index in [1.54, 1.807) is 32.1 Å². The summed E-state index contributed by atoms with van der Waals surface area (Å²) in [5.74, 6) is 4.35. The minimum Gasteiger partial charge on any atom is -0.313 e. The van der Waals surface area contributed by atoms with Crippen LogP contribution in [0.5, 0.6) is 0 Å². The Balaban J connectivity index is 1.69. The molecule has 4 fully saturated rings. The minimum atomic E-state index is 0.905. The maximum atomic E-state index is 3.81. The van der Waals surface area contributed by atoms with Crippen molar-refractivity contribution in [3.05, 3.63) is 0 Å². The Morgan fingerprint density at radius 3 is 2.00 bits per heavy atom. The SMILES string of the molecule is CCCNC1C2CC3CC(C2)CC1C3. The van der Waals surface area contributed by atoms with Gasteiger partial charge in [-0.05, 0) is 68.7 Å². The van der Waals surface area contributed by atoms with Crippen LogP contribution in [0.2, 0.25) is 0 Å². The second kappa shape index (κ2) is 3.52. The van der Waals surface area contributed by atoms with Crippen LogP contribution in [0.1, 0.15) is 45.4 Å². The third kappa shape index (κ3) is 1.41. The molecule has 0 saturated heterocycles. The van der Waals surface area contributed by atoms with Gasteiger partial charge in [0.15, 0.2) is 0 Å². The van der Waals surface area contributed by atoms with Crippen molar-refractivity contribution in [2.24, 2.45) is 23.7 Å². The molecule has 1 heteroatoms. The Labute approximate surface area is 87.7 Å². The molecule has 4 aliphatic carbocycles. The Bertz CT molecular complexity index is 183. The summed E-state index contributed by atoms with van der Waals surface area (Å²) in [5, 5.41) is 3.81. The van der Waals surface area contributed by atoms with Gasteiger partial charge in [-0.15, -0.1) is 0 Å². The summed E-state index contributed by atoms with van der Waals surface area (Å²) >= 11 is 0. The highest BCUT2D eigenvalue weighted by Crippen LogP contribution is 2.53. The van der Waals surface area contributed by atoms with E-state index in [0.717, 1.165) is 29.7 Å². The van der Waals surface area contributed by atoms with Crippen molar-refractivity contribution in [3.8, 4) is 0 Å². The van der Waals surface area contributed by atoms with Crippen molar-refractivity contribution in [2.45, 2.75) is 51.5 Å². The van der Waals surface area contributed by atoms with Crippen molar-refractivity contribution in [2.75, 3.05) is 6.54 Å². The van der Waals surface area contributed by atoms with Crippen molar-refractivity contribution in [3.63, 3.8) is 0 Å². The van der Waals surface area contributed by atoms with Gasteiger partial charge in [-0.1, -0.05) is 6.92 Å². The Morgan fingerprint density at radius 1 is 0.929 bits per heavy atom. The summed E-state index contributed by atoms with van der Waals surface area (Å²) in [6.45, 7) is 3.52. The van der Waals surface area contributed by atoms with Crippen LogP contribution in [0.3, 0.4) is 0 Å². The molecule has 1 N–H and O–H groups in total. The zero-order valence-electron chi connectivity index (χ0n) is 9.34. The highest BCUT2D eigenvalue weighted by atomic mass is 14.9. The summed E-state index contributed by atoms with van der Waals surface area (Å²) in [6, 6.07) is 0.905. The first kappa shape index (κ1) is 9.21. The van der Waals surface area contributed by atoms with Crippen molar-refractivity contribution in [1.29, 1.82) is 0 Å². The molecule has 0 spiro atoms. The molecule has 0 radical (unpaired) electrons. The third-order valence-electron chi connectivity index (χ3n) is 4.86. The largest absolute Gasteiger partial charge is 0.313 e. The first-order chi connectivity index (χ1) is 6.86. The monoisotopic (exact) mass is 193 g/mol. The lowest BCUT2D eigenvalue weighted by Gasteiger charge is -2.54. The normalized spacial score (nSPS) is 49.9. The van der Waals surface area contributed by atoms with Gasteiger partial charge in [0.1, 0.15) is 0 Å². The highest BCUT2D eigenvalue weighted by Gasteiger charge is 2.47. The summed E-state index contributed by atoms with van der Waals surface area (Å²) in [6.07, 6.45) is 9.07. The Morgan fingerprint density at radius 2 is 1.50 bits per heavy atom. The van der Waals surface area contributed by atoms with Gasteiger partial charge in [0.2, 0.25) is 0 Å². The fourth-order valence-electron chi connectivity index (χ4n) is 4.57. The summed E-state index contributed by atoms with van der Waals surface area (Å²) < 4.78 is 0. The average Bonchev–Trinajstić information content (AvgIpc) is 2.15. The van der Waals surface area contributed by atoms with E-state index >= 15 is 0 Å². The van der Waals surface area contributed by atoms with Crippen LogP contribution in [-0.4, -0.2) is 12.6 Å². The summed E-state index contributed by atoms with van der Waals surface area (Å²) in [4.78, 5) is 0. The molecule has 1 nitrogen and oxygen atoms in total. The van der Waals surface area contributed by atoms with Crippen LogP contribution < -0.4 is 5.32 Å². The molecule has 0 unspecified atom stereocenters.